The summed E-state index contributed by atoms with van der Waals surface area (Å²) in [6.07, 6.45) is 1.15. The summed E-state index contributed by atoms with van der Waals surface area (Å²) in [5, 5.41) is 5.00. The predicted molar refractivity (Wildman–Crippen MR) is 76.7 cm³/mol. The van der Waals surface area contributed by atoms with Crippen molar-refractivity contribution < 1.29 is 0 Å². The molecule has 0 aromatic heterocycles. The quantitative estimate of drug-likeness (QED) is 0.830. The lowest BCUT2D eigenvalue weighted by Gasteiger charge is -2.18. The van der Waals surface area contributed by atoms with E-state index in [-0.39, 0.29) is 0 Å². The van der Waals surface area contributed by atoms with Crippen molar-refractivity contribution in [3.63, 3.8) is 0 Å². The number of halogens is 2. The number of amidine groups is 1. The second-order valence-corrected chi connectivity index (χ2v) is 6.04. The van der Waals surface area contributed by atoms with Crippen LogP contribution in [0.25, 0.3) is 0 Å². The molecular formula is C11H12BrClN2S. The van der Waals surface area contributed by atoms with Crippen LogP contribution in [-0.4, -0.2) is 17.0 Å². The molecule has 1 heterocycles. The molecule has 16 heavy (non-hydrogen) atoms. The molecule has 1 N–H and O–H groups in total. The van der Waals surface area contributed by atoms with Gasteiger partial charge in [-0.15, -0.1) is 0 Å². The predicted octanol–water partition coefficient (Wildman–Crippen LogP) is 4.40. The standard InChI is InChI=1S/C11H12BrClN2S/c1-7-4-5-16-11(14-7)15-10-6-8(13)2-3-9(10)12/h2-3,6-7H,4-5H2,1H3,(H,14,15). The van der Waals surface area contributed by atoms with Crippen LogP contribution in [0.3, 0.4) is 0 Å². The van der Waals surface area contributed by atoms with Crippen LogP contribution in [0.5, 0.6) is 0 Å². The molecule has 2 nitrogen and oxygen atoms in total. The van der Waals surface area contributed by atoms with E-state index >= 15 is 0 Å². The molecule has 0 bridgehead atoms. The van der Waals surface area contributed by atoms with E-state index in [2.05, 4.69) is 33.2 Å². The molecule has 0 radical (unpaired) electrons. The normalized spacial score (nSPS) is 20.4. The molecule has 0 spiro atoms. The third-order valence-electron chi connectivity index (χ3n) is 2.28. The lowest BCUT2D eigenvalue weighted by atomic mass is 10.3. The maximum absolute atomic E-state index is 5.96. The first-order valence-electron chi connectivity index (χ1n) is 5.08. The molecule has 1 aromatic carbocycles. The van der Waals surface area contributed by atoms with E-state index in [1.54, 1.807) is 11.8 Å². The van der Waals surface area contributed by atoms with E-state index in [0.29, 0.717) is 6.04 Å². The minimum absolute atomic E-state index is 0.404. The first-order valence-corrected chi connectivity index (χ1v) is 7.23. The summed E-state index contributed by atoms with van der Waals surface area (Å²) in [4.78, 5) is 4.55. The largest absolute Gasteiger partial charge is 0.334 e. The molecule has 0 amide bonds. The number of nitrogens with one attached hydrogen (secondary N) is 1. The van der Waals surface area contributed by atoms with E-state index in [1.165, 1.54) is 0 Å². The van der Waals surface area contributed by atoms with Gasteiger partial charge in [0.1, 0.15) is 0 Å². The smallest absolute Gasteiger partial charge is 0.161 e. The molecule has 1 aliphatic heterocycles. The maximum atomic E-state index is 5.96. The van der Waals surface area contributed by atoms with Gasteiger partial charge in [-0.1, -0.05) is 23.4 Å². The van der Waals surface area contributed by atoms with Gasteiger partial charge in [0.05, 0.1) is 11.7 Å². The molecule has 1 unspecified atom stereocenters. The number of rotatable bonds is 1. The van der Waals surface area contributed by atoms with Crippen LogP contribution in [0.1, 0.15) is 13.3 Å². The van der Waals surface area contributed by atoms with E-state index in [1.807, 2.05) is 18.2 Å². The van der Waals surface area contributed by atoms with Crippen LogP contribution in [0, 0.1) is 0 Å². The molecule has 86 valence electrons. The Morgan fingerprint density at radius 3 is 3.12 bits per heavy atom. The second kappa shape index (κ2) is 5.43. The Morgan fingerprint density at radius 2 is 2.38 bits per heavy atom. The monoisotopic (exact) mass is 318 g/mol. The summed E-state index contributed by atoms with van der Waals surface area (Å²) in [6, 6.07) is 6.09. The fourth-order valence-electron chi connectivity index (χ4n) is 1.40. The van der Waals surface area contributed by atoms with Gasteiger partial charge in [-0.25, -0.2) is 0 Å². The number of thioether (sulfide) groups is 1. The van der Waals surface area contributed by atoms with Gasteiger partial charge in [0.15, 0.2) is 5.17 Å². The molecule has 0 saturated heterocycles. The number of hydrogen-bond donors (Lipinski definition) is 1. The average molecular weight is 320 g/mol. The molecule has 5 heteroatoms. The van der Waals surface area contributed by atoms with Crippen LogP contribution >= 0.6 is 39.3 Å². The van der Waals surface area contributed by atoms with Gasteiger partial charge < -0.3 is 5.32 Å². The van der Waals surface area contributed by atoms with Gasteiger partial charge in [-0.3, -0.25) is 4.99 Å². The topological polar surface area (TPSA) is 24.4 Å². The maximum Gasteiger partial charge on any atom is 0.161 e. The molecule has 2 rings (SSSR count). The van der Waals surface area contributed by atoms with Gasteiger partial charge in [-0.05, 0) is 47.5 Å². The fourth-order valence-corrected chi connectivity index (χ4v) is 3.01. The highest BCUT2D eigenvalue weighted by molar-refractivity contribution is 9.10. The Balaban J connectivity index is 2.17. The lowest BCUT2D eigenvalue weighted by Crippen LogP contribution is -2.18. The Morgan fingerprint density at radius 1 is 1.56 bits per heavy atom. The lowest BCUT2D eigenvalue weighted by molar-refractivity contribution is 0.720. The Kier molecular flexibility index (Phi) is 4.16. The zero-order chi connectivity index (χ0) is 11.5. The molecule has 0 aliphatic carbocycles. The number of benzene rings is 1. The molecule has 1 aliphatic rings. The first-order chi connectivity index (χ1) is 7.65. The van der Waals surface area contributed by atoms with Crippen LogP contribution in [0.4, 0.5) is 5.69 Å². The van der Waals surface area contributed by atoms with Gasteiger partial charge in [0.25, 0.3) is 0 Å². The highest BCUT2D eigenvalue weighted by Gasteiger charge is 2.12. The number of anilines is 1. The third kappa shape index (κ3) is 3.15. The Labute approximate surface area is 113 Å². The SMILES string of the molecule is CC1CCSC(Nc2cc(Cl)ccc2Br)=N1. The van der Waals surface area contributed by atoms with Gasteiger partial charge in [0.2, 0.25) is 0 Å². The van der Waals surface area contributed by atoms with Gasteiger partial charge in [0, 0.05) is 15.2 Å². The number of nitrogens with zero attached hydrogens (tertiary/aromatic N) is 1. The van der Waals surface area contributed by atoms with Crippen LogP contribution < -0.4 is 5.32 Å². The Hall–Kier alpha value is -0.190. The highest BCUT2D eigenvalue weighted by Crippen LogP contribution is 2.28. The van der Waals surface area contributed by atoms with Crippen molar-refractivity contribution in [1.82, 2.24) is 0 Å². The second-order valence-electron chi connectivity index (χ2n) is 3.67. The number of aliphatic imine (C=N–C) groups is 1. The zero-order valence-corrected chi connectivity index (χ0v) is 12.0. The van der Waals surface area contributed by atoms with Crippen molar-refractivity contribution in [2.45, 2.75) is 19.4 Å². The summed E-state index contributed by atoms with van der Waals surface area (Å²) in [5.41, 5.74) is 0.966. The van der Waals surface area contributed by atoms with E-state index in [4.69, 9.17) is 11.6 Å². The van der Waals surface area contributed by atoms with E-state index < -0.39 is 0 Å². The molecular weight excluding hydrogens is 308 g/mol. The van der Waals surface area contributed by atoms with Crippen molar-refractivity contribution in [1.29, 1.82) is 0 Å². The van der Waals surface area contributed by atoms with Crippen LogP contribution in [0.15, 0.2) is 27.7 Å². The molecule has 1 atom stereocenters. The minimum atomic E-state index is 0.404. The van der Waals surface area contributed by atoms with Crippen molar-refractivity contribution in [2.75, 3.05) is 11.1 Å². The third-order valence-corrected chi connectivity index (χ3v) is 4.13. The summed E-state index contributed by atoms with van der Waals surface area (Å²) in [5.74, 6) is 1.12. The van der Waals surface area contributed by atoms with Crippen molar-refractivity contribution in [3.8, 4) is 0 Å². The summed E-state index contributed by atoms with van der Waals surface area (Å²) in [6.45, 7) is 2.13. The molecule has 0 fully saturated rings. The van der Waals surface area contributed by atoms with Crippen LogP contribution in [-0.2, 0) is 0 Å². The fraction of sp³-hybridized carbons (Fsp3) is 0.364. The van der Waals surface area contributed by atoms with E-state index in [9.17, 15) is 0 Å². The zero-order valence-electron chi connectivity index (χ0n) is 8.84. The van der Waals surface area contributed by atoms with Crippen molar-refractivity contribution >= 4 is 50.1 Å². The first kappa shape index (κ1) is 12.3. The minimum Gasteiger partial charge on any atom is -0.334 e. The van der Waals surface area contributed by atoms with Crippen molar-refractivity contribution in [3.05, 3.63) is 27.7 Å². The summed E-state index contributed by atoms with van der Waals surface area (Å²) in [7, 11) is 0. The van der Waals surface area contributed by atoms with Crippen LogP contribution in [0.2, 0.25) is 5.02 Å². The highest BCUT2D eigenvalue weighted by atomic mass is 79.9. The van der Waals surface area contributed by atoms with Gasteiger partial charge in [-0.2, -0.15) is 0 Å². The Bertz CT molecular complexity index is 422. The van der Waals surface area contributed by atoms with Crippen molar-refractivity contribution in [2.24, 2.45) is 4.99 Å². The number of hydrogen-bond acceptors (Lipinski definition) is 3. The summed E-state index contributed by atoms with van der Waals surface area (Å²) < 4.78 is 0.999. The summed E-state index contributed by atoms with van der Waals surface area (Å²) >= 11 is 11.2. The molecule has 0 saturated carbocycles. The van der Waals surface area contributed by atoms with Gasteiger partial charge >= 0.3 is 0 Å². The van der Waals surface area contributed by atoms with E-state index in [0.717, 1.165) is 32.5 Å². The molecule has 1 aromatic rings. The average Bonchev–Trinajstić information content (AvgIpc) is 2.24.